The molecule has 3 heterocycles. The summed E-state index contributed by atoms with van der Waals surface area (Å²) in [7, 11) is 1.96. The summed E-state index contributed by atoms with van der Waals surface area (Å²) in [6.07, 6.45) is 8.65. The zero-order valence-corrected chi connectivity index (χ0v) is 20.9. The van der Waals surface area contributed by atoms with Crippen molar-refractivity contribution in [1.82, 2.24) is 19.1 Å². The van der Waals surface area contributed by atoms with Crippen LogP contribution in [0.15, 0.2) is 84.5 Å². The molecule has 0 aliphatic heterocycles. The van der Waals surface area contributed by atoms with Crippen LogP contribution in [0.2, 0.25) is 0 Å². The number of ether oxygens (including phenoxy) is 1. The largest absolute Gasteiger partial charge is 0.507 e. The van der Waals surface area contributed by atoms with E-state index in [-0.39, 0.29) is 12.4 Å². The Morgan fingerprint density at radius 2 is 1.94 bits per heavy atom. The number of fused-ring (bicyclic) bond motifs is 1. The monoisotopic (exact) mass is 498 g/mol. The van der Waals surface area contributed by atoms with Crippen LogP contribution in [0, 0.1) is 0 Å². The molecule has 0 radical (unpaired) electrons. The Morgan fingerprint density at radius 1 is 1.11 bits per heavy atom. The zero-order chi connectivity index (χ0) is 25.1. The minimum atomic E-state index is -0.396. The maximum absolute atomic E-state index is 13.4. The first-order chi connectivity index (χ1) is 17.6. The number of phenolic OH excluding ortho intramolecular Hbond substituents is 1. The molecule has 0 spiro atoms. The molecule has 0 saturated heterocycles. The van der Waals surface area contributed by atoms with Crippen molar-refractivity contribution in [3.05, 3.63) is 96.5 Å². The molecule has 1 N–H and O–H groups in total. The van der Waals surface area contributed by atoms with Crippen LogP contribution in [0.1, 0.15) is 28.5 Å². The fourth-order valence-electron chi connectivity index (χ4n) is 4.43. The van der Waals surface area contributed by atoms with Crippen molar-refractivity contribution in [3.8, 4) is 16.9 Å². The second-order valence-corrected chi connectivity index (χ2v) is 9.37. The van der Waals surface area contributed by atoms with Crippen molar-refractivity contribution in [2.24, 2.45) is 7.05 Å². The van der Waals surface area contributed by atoms with Gasteiger partial charge in [-0.2, -0.15) is 0 Å². The molecule has 0 atom stereocenters. The molecule has 5 aromatic rings. The standard InChI is InChI=1S/C28H26N4O3S/c1-3-35-28(34)26-24(17-36-20-9-5-4-6-10-20)31(2)23-14-21(19-8-7-11-29-15-19)27(33)22(25(23)26)16-32-13-12-30-18-32/h4-15,18,33H,3,16-17H2,1-2H3. The molecule has 5 rings (SSSR count). The zero-order valence-electron chi connectivity index (χ0n) is 20.1. The molecule has 7 nitrogen and oxygen atoms in total. The van der Waals surface area contributed by atoms with Crippen molar-refractivity contribution in [2.45, 2.75) is 24.1 Å². The van der Waals surface area contributed by atoms with Gasteiger partial charge in [0.2, 0.25) is 0 Å². The third kappa shape index (κ3) is 4.47. The number of hydrogen-bond acceptors (Lipinski definition) is 6. The number of pyridine rings is 1. The molecule has 0 bridgehead atoms. The Hall–Kier alpha value is -4.04. The molecule has 0 fully saturated rings. The van der Waals surface area contributed by atoms with Gasteiger partial charge in [-0.3, -0.25) is 4.98 Å². The maximum Gasteiger partial charge on any atom is 0.340 e. The Morgan fingerprint density at radius 3 is 2.64 bits per heavy atom. The summed E-state index contributed by atoms with van der Waals surface area (Å²) in [5, 5.41) is 12.2. The number of hydrogen-bond donors (Lipinski definition) is 1. The van der Waals surface area contributed by atoms with E-state index in [1.807, 2.05) is 70.9 Å². The van der Waals surface area contributed by atoms with E-state index in [4.69, 9.17) is 4.74 Å². The van der Waals surface area contributed by atoms with Crippen LogP contribution in [-0.2, 0) is 24.1 Å². The number of benzene rings is 2. The van der Waals surface area contributed by atoms with Crippen molar-refractivity contribution < 1.29 is 14.6 Å². The first kappa shape index (κ1) is 23.7. The highest BCUT2D eigenvalue weighted by Crippen LogP contribution is 2.42. The van der Waals surface area contributed by atoms with E-state index in [2.05, 4.69) is 9.97 Å². The van der Waals surface area contributed by atoms with Gasteiger partial charge < -0.3 is 19.0 Å². The second-order valence-electron chi connectivity index (χ2n) is 8.33. The van der Waals surface area contributed by atoms with Crippen LogP contribution >= 0.6 is 11.8 Å². The molecule has 0 aliphatic rings. The Balaban J connectivity index is 1.76. The average molecular weight is 499 g/mol. The lowest BCUT2D eigenvalue weighted by molar-refractivity contribution is 0.0527. The molecule has 0 unspecified atom stereocenters. The number of aryl methyl sites for hydroxylation is 1. The number of imidazole rings is 1. The third-order valence-corrected chi connectivity index (χ3v) is 7.18. The van der Waals surface area contributed by atoms with Gasteiger partial charge in [-0.1, -0.05) is 24.3 Å². The van der Waals surface area contributed by atoms with Gasteiger partial charge in [0.25, 0.3) is 0 Å². The van der Waals surface area contributed by atoms with Crippen LogP contribution in [0.5, 0.6) is 5.75 Å². The van der Waals surface area contributed by atoms with E-state index in [0.29, 0.717) is 34.4 Å². The molecule has 0 amide bonds. The van der Waals surface area contributed by atoms with Crippen LogP contribution < -0.4 is 0 Å². The van der Waals surface area contributed by atoms with Gasteiger partial charge >= 0.3 is 5.97 Å². The Kier molecular flexibility index (Phi) is 6.77. The van der Waals surface area contributed by atoms with Crippen molar-refractivity contribution in [1.29, 1.82) is 0 Å². The highest BCUT2D eigenvalue weighted by molar-refractivity contribution is 7.98. The summed E-state index contributed by atoms with van der Waals surface area (Å²) in [6.45, 7) is 2.40. The van der Waals surface area contributed by atoms with Gasteiger partial charge in [0.1, 0.15) is 5.75 Å². The van der Waals surface area contributed by atoms with Gasteiger partial charge in [0.15, 0.2) is 0 Å². The Labute approximate surface area is 213 Å². The second kappa shape index (κ2) is 10.3. The molecule has 2 aromatic carbocycles. The van der Waals surface area contributed by atoms with E-state index >= 15 is 0 Å². The lowest BCUT2D eigenvalue weighted by Gasteiger charge is -2.14. The number of nitrogens with zero attached hydrogens (tertiary/aromatic N) is 4. The van der Waals surface area contributed by atoms with Gasteiger partial charge in [-0.25, -0.2) is 9.78 Å². The number of carbonyl (C=O) groups is 1. The van der Waals surface area contributed by atoms with Crippen LogP contribution in [0.4, 0.5) is 0 Å². The summed E-state index contributed by atoms with van der Waals surface area (Å²) in [5.74, 6) is 0.284. The lowest BCUT2D eigenvalue weighted by Crippen LogP contribution is -2.09. The van der Waals surface area contributed by atoms with Crippen LogP contribution in [0.25, 0.3) is 22.0 Å². The quantitative estimate of drug-likeness (QED) is 0.220. The van der Waals surface area contributed by atoms with Gasteiger partial charge in [0, 0.05) is 70.3 Å². The van der Waals surface area contributed by atoms with E-state index in [1.165, 1.54) is 0 Å². The smallest absolute Gasteiger partial charge is 0.340 e. The predicted octanol–water partition coefficient (Wildman–Crippen LogP) is 5.66. The van der Waals surface area contributed by atoms with Gasteiger partial charge in [-0.15, -0.1) is 11.8 Å². The van der Waals surface area contributed by atoms with Crippen LogP contribution in [-0.4, -0.2) is 36.8 Å². The highest BCUT2D eigenvalue weighted by atomic mass is 32.2. The lowest BCUT2D eigenvalue weighted by atomic mass is 9.96. The number of aromatic nitrogens is 4. The normalized spacial score (nSPS) is 11.2. The number of aromatic hydroxyl groups is 1. The fourth-order valence-corrected chi connectivity index (χ4v) is 5.42. The minimum absolute atomic E-state index is 0.114. The SMILES string of the molecule is CCOC(=O)c1c(CSc2ccccc2)n(C)c2cc(-c3cccnc3)c(O)c(Cn3ccnc3)c12. The van der Waals surface area contributed by atoms with E-state index in [0.717, 1.165) is 21.7 Å². The first-order valence-corrected chi connectivity index (χ1v) is 12.6. The van der Waals surface area contributed by atoms with Crippen molar-refractivity contribution in [3.63, 3.8) is 0 Å². The molecule has 182 valence electrons. The topological polar surface area (TPSA) is 82.2 Å². The van der Waals surface area contributed by atoms with Gasteiger partial charge in [0.05, 0.1) is 30.6 Å². The molecule has 0 aliphatic carbocycles. The van der Waals surface area contributed by atoms with E-state index < -0.39 is 5.97 Å². The number of phenols is 1. The van der Waals surface area contributed by atoms with Gasteiger partial charge in [-0.05, 0) is 31.2 Å². The van der Waals surface area contributed by atoms with Crippen molar-refractivity contribution >= 4 is 28.6 Å². The van der Waals surface area contributed by atoms with Crippen LogP contribution in [0.3, 0.4) is 0 Å². The summed E-state index contributed by atoms with van der Waals surface area (Å²) in [4.78, 5) is 22.9. The highest BCUT2D eigenvalue weighted by Gasteiger charge is 2.28. The number of thioether (sulfide) groups is 1. The molecule has 3 aromatic heterocycles. The minimum Gasteiger partial charge on any atom is -0.507 e. The maximum atomic E-state index is 13.4. The Bertz CT molecular complexity index is 1500. The summed E-state index contributed by atoms with van der Waals surface area (Å²) in [6, 6.07) is 15.8. The average Bonchev–Trinajstić information content (AvgIpc) is 3.51. The molecular formula is C28H26N4O3S. The molecule has 36 heavy (non-hydrogen) atoms. The number of rotatable bonds is 8. The number of carbonyl (C=O) groups excluding carboxylic acids is 1. The predicted molar refractivity (Wildman–Crippen MR) is 141 cm³/mol. The fraction of sp³-hybridized carbons (Fsp3) is 0.179. The molecular weight excluding hydrogens is 472 g/mol. The number of esters is 1. The third-order valence-electron chi connectivity index (χ3n) is 6.16. The summed E-state index contributed by atoms with van der Waals surface area (Å²) < 4.78 is 9.43. The van der Waals surface area contributed by atoms with E-state index in [1.54, 1.807) is 43.6 Å². The van der Waals surface area contributed by atoms with Crippen molar-refractivity contribution in [2.75, 3.05) is 6.61 Å². The first-order valence-electron chi connectivity index (χ1n) is 11.7. The molecule has 0 saturated carbocycles. The van der Waals surface area contributed by atoms with E-state index in [9.17, 15) is 9.90 Å². The summed E-state index contributed by atoms with van der Waals surface area (Å²) >= 11 is 1.65. The summed E-state index contributed by atoms with van der Waals surface area (Å²) in [5.41, 5.74) is 4.26. The molecule has 8 heteroatoms.